The summed E-state index contributed by atoms with van der Waals surface area (Å²) in [5, 5.41) is 2.75. The lowest BCUT2D eigenvalue weighted by Crippen LogP contribution is -2.41. The molecule has 1 unspecified atom stereocenters. The first kappa shape index (κ1) is 12.6. The fourth-order valence-electron chi connectivity index (χ4n) is 1.35. The molecular formula is C12H16N2OS. The highest BCUT2D eigenvalue weighted by Crippen LogP contribution is 2.07. The van der Waals surface area contributed by atoms with E-state index in [9.17, 15) is 4.79 Å². The van der Waals surface area contributed by atoms with E-state index in [1.165, 1.54) is 0 Å². The third-order valence-electron chi connectivity index (χ3n) is 2.42. The lowest BCUT2D eigenvalue weighted by Gasteiger charge is -2.12. The molecule has 0 heterocycles. The first-order valence-corrected chi connectivity index (χ1v) is 5.54. The monoisotopic (exact) mass is 236 g/mol. The molecule has 4 heteroatoms. The number of carbonyl (C=O) groups excluding carboxylic acids is 1. The van der Waals surface area contributed by atoms with Crippen LogP contribution in [0.2, 0.25) is 0 Å². The lowest BCUT2D eigenvalue weighted by atomic mass is 10.1. The van der Waals surface area contributed by atoms with Gasteiger partial charge in [0.1, 0.15) is 0 Å². The molecule has 0 saturated carbocycles. The fourth-order valence-corrected chi connectivity index (χ4v) is 1.40. The summed E-state index contributed by atoms with van der Waals surface area (Å²) in [5.41, 5.74) is 7.56. The molecule has 16 heavy (non-hydrogen) atoms. The molecule has 0 saturated heterocycles. The maximum Gasteiger partial charge on any atom is 0.224 e. The number of thiocarbonyl (C=S) groups is 1. The van der Waals surface area contributed by atoms with Crippen LogP contribution in [0.5, 0.6) is 0 Å². The molecule has 86 valence electrons. The van der Waals surface area contributed by atoms with Crippen molar-refractivity contribution in [3.05, 3.63) is 35.4 Å². The summed E-state index contributed by atoms with van der Waals surface area (Å²) in [6, 6.07) is 7.55. The third kappa shape index (κ3) is 3.62. The van der Waals surface area contributed by atoms with Crippen molar-refractivity contribution in [2.45, 2.75) is 26.3 Å². The Balaban J connectivity index is 2.59. The number of carbonyl (C=O) groups is 1. The Morgan fingerprint density at radius 1 is 1.50 bits per heavy atom. The summed E-state index contributed by atoms with van der Waals surface area (Å²) >= 11 is 4.79. The summed E-state index contributed by atoms with van der Waals surface area (Å²) < 4.78 is 0. The Morgan fingerprint density at radius 3 is 2.69 bits per heavy atom. The Hall–Kier alpha value is -1.42. The highest BCUT2D eigenvalue weighted by atomic mass is 32.1. The predicted molar refractivity (Wildman–Crippen MR) is 69.3 cm³/mol. The van der Waals surface area contributed by atoms with E-state index in [0.29, 0.717) is 11.4 Å². The van der Waals surface area contributed by atoms with Crippen LogP contribution in [0.1, 0.15) is 18.1 Å². The average molecular weight is 236 g/mol. The minimum absolute atomic E-state index is 0.0606. The third-order valence-corrected chi connectivity index (χ3v) is 2.77. The van der Waals surface area contributed by atoms with E-state index in [1.54, 1.807) is 6.92 Å². The van der Waals surface area contributed by atoms with E-state index in [-0.39, 0.29) is 11.9 Å². The van der Waals surface area contributed by atoms with Gasteiger partial charge in [-0.05, 0) is 25.0 Å². The van der Waals surface area contributed by atoms with E-state index < -0.39 is 0 Å². The Bertz CT molecular complexity index is 404. The zero-order valence-corrected chi connectivity index (χ0v) is 10.3. The quantitative estimate of drug-likeness (QED) is 0.775. The smallest absolute Gasteiger partial charge is 0.224 e. The van der Waals surface area contributed by atoms with Crippen molar-refractivity contribution in [2.75, 3.05) is 0 Å². The van der Waals surface area contributed by atoms with E-state index in [2.05, 4.69) is 5.32 Å². The van der Waals surface area contributed by atoms with Crippen LogP contribution in [0.25, 0.3) is 0 Å². The van der Waals surface area contributed by atoms with Crippen molar-refractivity contribution in [1.29, 1.82) is 0 Å². The van der Waals surface area contributed by atoms with Gasteiger partial charge in [-0.1, -0.05) is 36.5 Å². The van der Waals surface area contributed by atoms with Gasteiger partial charge in [0.15, 0.2) is 0 Å². The van der Waals surface area contributed by atoms with E-state index >= 15 is 0 Å². The van der Waals surface area contributed by atoms with Gasteiger partial charge in [0.2, 0.25) is 5.91 Å². The van der Waals surface area contributed by atoms with Crippen LogP contribution >= 0.6 is 12.2 Å². The molecule has 3 N–H and O–H groups in total. The molecule has 1 aromatic carbocycles. The molecule has 0 bridgehead atoms. The fraction of sp³-hybridized carbons (Fsp3) is 0.333. The number of aryl methyl sites for hydroxylation is 1. The minimum Gasteiger partial charge on any atom is -0.392 e. The molecule has 0 aliphatic heterocycles. The Morgan fingerprint density at radius 2 is 2.12 bits per heavy atom. The maximum atomic E-state index is 11.7. The van der Waals surface area contributed by atoms with Gasteiger partial charge < -0.3 is 11.1 Å². The van der Waals surface area contributed by atoms with Crippen LogP contribution in [-0.2, 0) is 11.2 Å². The molecule has 1 atom stereocenters. The van der Waals surface area contributed by atoms with Gasteiger partial charge in [0.25, 0.3) is 0 Å². The average Bonchev–Trinajstić information content (AvgIpc) is 2.21. The predicted octanol–water partition coefficient (Wildman–Crippen LogP) is 1.33. The molecule has 0 aliphatic rings. The summed E-state index contributed by atoms with van der Waals surface area (Å²) in [4.78, 5) is 12.0. The van der Waals surface area contributed by atoms with Crippen LogP contribution in [0.4, 0.5) is 0 Å². The van der Waals surface area contributed by atoms with Crippen LogP contribution in [0, 0.1) is 6.92 Å². The Labute approximate surface area is 101 Å². The molecule has 0 spiro atoms. The molecule has 1 amide bonds. The SMILES string of the molecule is Cc1ccccc1CC(=O)NC(C)C(N)=S. The molecule has 0 radical (unpaired) electrons. The number of hydrogen-bond donors (Lipinski definition) is 2. The number of nitrogens with one attached hydrogen (secondary N) is 1. The maximum absolute atomic E-state index is 11.7. The van der Waals surface area contributed by atoms with Gasteiger partial charge in [-0.3, -0.25) is 4.79 Å². The molecule has 1 rings (SSSR count). The number of amides is 1. The standard InChI is InChI=1S/C12H16N2OS/c1-8-5-3-4-6-10(8)7-11(15)14-9(2)12(13)16/h3-6,9H,7H2,1-2H3,(H2,13,16)(H,14,15). The zero-order chi connectivity index (χ0) is 12.1. The number of rotatable bonds is 4. The molecule has 0 fully saturated rings. The van der Waals surface area contributed by atoms with Crippen molar-refractivity contribution in [1.82, 2.24) is 5.32 Å². The van der Waals surface area contributed by atoms with Gasteiger partial charge in [0.05, 0.1) is 17.5 Å². The van der Waals surface area contributed by atoms with Crippen molar-refractivity contribution in [3.63, 3.8) is 0 Å². The normalized spacial score (nSPS) is 11.9. The largest absolute Gasteiger partial charge is 0.392 e. The summed E-state index contributed by atoms with van der Waals surface area (Å²) in [6.07, 6.45) is 0.361. The summed E-state index contributed by atoms with van der Waals surface area (Å²) in [7, 11) is 0. The van der Waals surface area contributed by atoms with Gasteiger partial charge in [-0.15, -0.1) is 0 Å². The summed E-state index contributed by atoms with van der Waals surface area (Å²) in [5.74, 6) is -0.0606. The summed E-state index contributed by atoms with van der Waals surface area (Å²) in [6.45, 7) is 3.76. The van der Waals surface area contributed by atoms with E-state index in [1.807, 2.05) is 31.2 Å². The van der Waals surface area contributed by atoms with Gasteiger partial charge in [-0.25, -0.2) is 0 Å². The minimum atomic E-state index is -0.258. The second-order valence-corrected chi connectivity index (χ2v) is 4.27. The van der Waals surface area contributed by atoms with Gasteiger partial charge in [0, 0.05) is 0 Å². The van der Waals surface area contributed by atoms with Crippen molar-refractivity contribution >= 4 is 23.1 Å². The van der Waals surface area contributed by atoms with E-state index in [4.69, 9.17) is 18.0 Å². The van der Waals surface area contributed by atoms with Crippen LogP contribution in [0.3, 0.4) is 0 Å². The highest BCUT2D eigenvalue weighted by Gasteiger charge is 2.10. The topological polar surface area (TPSA) is 55.1 Å². The number of nitrogens with two attached hydrogens (primary N) is 1. The first-order valence-electron chi connectivity index (χ1n) is 5.14. The molecule has 1 aromatic rings. The van der Waals surface area contributed by atoms with Crippen molar-refractivity contribution < 1.29 is 4.79 Å². The molecular weight excluding hydrogens is 220 g/mol. The molecule has 3 nitrogen and oxygen atoms in total. The number of hydrogen-bond acceptors (Lipinski definition) is 2. The van der Waals surface area contributed by atoms with Crippen molar-refractivity contribution in [3.8, 4) is 0 Å². The molecule has 0 aliphatic carbocycles. The van der Waals surface area contributed by atoms with Gasteiger partial charge in [-0.2, -0.15) is 0 Å². The van der Waals surface area contributed by atoms with E-state index in [0.717, 1.165) is 11.1 Å². The van der Waals surface area contributed by atoms with Crippen LogP contribution in [0.15, 0.2) is 24.3 Å². The Kier molecular flexibility index (Phi) is 4.43. The zero-order valence-electron chi connectivity index (χ0n) is 9.49. The molecule has 0 aromatic heterocycles. The van der Waals surface area contributed by atoms with Crippen LogP contribution in [-0.4, -0.2) is 16.9 Å². The first-order chi connectivity index (χ1) is 7.50. The highest BCUT2D eigenvalue weighted by molar-refractivity contribution is 7.80. The second kappa shape index (κ2) is 5.61. The lowest BCUT2D eigenvalue weighted by molar-refractivity contribution is -0.120. The van der Waals surface area contributed by atoms with Crippen LogP contribution < -0.4 is 11.1 Å². The second-order valence-electron chi connectivity index (χ2n) is 3.79. The van der Waals surface area contributed by atoms with Gasteiger partial charge >= 0.3 is 0 Å². The number of benzene rings is 1. The van der Waals surface area contributed by atoms with Crippen molar-refractivity contribution in [2.24, 2.45) is 5.73 Å².